The Labute approximate surface area is 148 Å². The second-order valence-corrected chi connectivity index (χ2v) is 6.96. The van der Waals surface area contributed by atoms with Crippen molar-refractivity contribution < 1.29 is 27.9 Å². The number of nitrogens with zero attached hydrogens (tertiary/aromatic N) is 3. The molecule has 0 aliphatic carbocycles. The predicted octanol–water partition coefficient (Wildman–Crippen LogP) is 1.97. The highest BCUT2D eigenvalue weighted by molar-refractivity contribution is 5.77. The van der Waals surface area contributed by atoms with Crippen molar-refractivity contribution in [2.45, 2.75) is 38.4 Å². The third kappa shape index (κ3) is 3.63. The van der Waals surface area contributed by atoms with Gasteiger partial charge in [-0.2, -0.15) is 13.2 Å². The number of hydrogen-bond acceptors (Lipinski definition) is 3. The number of fused-ring (bicyclic) bond motifs is 1. The van der Waals surface area contributed by atoms with Crippen LogP contribution in [0.15, 0.2) is 6.20 Å². The molecule has 2 amide bonds. The smallest absolute Gasteiger partial charge is 0.394 e. The van der Waals surface area contributed by atoms with Crippen LogP contribution in [-0.4, -0.2) is 57.4 Å². The molecule has 1 saturated heterocycles. The number of aliphatic carboxylic acids is 1. The van der Waals surface area contributed by atoms with Gasteiger partial charge in [0, 0.05) is 38.3 Å². The quantitative estimate of drug-likeness (QED) is 0.847. The number of carbonyl (C=O) groups is 2. The molecule has 1 unspecified atom stereocenters. The van der Waals surface area contributed by atoms with E-state index < -0.39 is 43.1 Å². The number of carboxylic acid groups (broad SMARTS) is 1. The molecule has 3 atom stereocenters. The largest absolute Gasteiger partial charge is 0.481 e. The average Bonchev–Trinajstić information content (AvgIpc) is 3.15. The first-order chi connectivity index (χ1) is 12.2. The first-order valence-corrected chi connectivity index (χ1v) is 8.52. The lowest BCUT2D eigenvalue weighted by atomic mass is 9.96. The number of nitrogens with one attached hydrogen (secondary N) is 1. The second-order valence-electron chi connectivity index (χ2n) is 6.96. The van der Waals surface area contributed by atoms with Crippen LogP contribution in [0.25, 0.3) is 0 Å². The molecule has 7 nitrogen and oxygen atoms in total. The molecular formula is C16H21F3N4O3. The van der Waals surface area contributed by atoms with Gasteiger partial charge in [-0.25, -0.2) is 9.78 Å². The molecule has 1 fully saturated rings. The van der Waals surface area contributed by atoms with Crippen molar-refractivity contribution in [1.29, 1.82) is 0 Å². The first kappa shape index (κ1) is 18.5. The molecule has 0 saturated carbocycles. The second kappa shape index (κ2) is 6.81. The molecule has 10 heteroatoms. The van der Waals surface area contributed by atoms with Gasteiger partial charge in [-0.15, -0.1) is 0 Å². The van der Waals surface area contributed by atoms with Crippen LogP contribution in [0.4, 0.5) is 18.0 Å². The minimum absolute atomic E-state index is 0.00214. The Kier molecular flexibility index (Phi) is 4.85. The number of amides is 2. The van der Waals surface area contributed by atoms with Gasteiger partial charge in [0.25, 0.3) is 0 Å². The van der Waals surface area contributed by atoms with E-state index in [1.165, 1.54) is 0 Å². The number of imidazole rings is 1. The Morgan fingerprint density at radius 3 is 2.73 bits per heavy atom. The van der Waals surface area contributed by atoms with E-state index in [2.05, 4.69) is 10.3 Å². The molecule has 0 spiro atoms. The number of aryl methyl sites for hydroxylation is 2. The van der Waals surface area contributed by atoms with E-state index in [1.807, 2.05) is 17.7 Å². The normalized spacial score (nSPS) is 25.8. The van der Waals surface area contributed by atoms with E-state index in [0.29, 0.717) is 0 Å². The fourth-order valence-electron chi connectivity index (χ4n) is 3.77. The van der Waals surface area contributed by atoms with Crippen molar-refractivity contribution in [2.24, 2.45) is 11.8 Å². The summed E-state index contributed by atoms with van der Waals surface area (Å²) in [7, 11) is 0. The van der Waals surface area contributed by atoms with Gasteiger partial charge in [-0.05, 0) is 19.8 Å². The lowest BCUT2D eigenvalue weighted by Gasteiger charge is -2.25. The molecule has 1 aromatic heterocycles. The van der Waals surface area contributed by atoms with E-state index in [0.717, 1.165) is 35.8 Å². The molecule has 3 rings (SSSR count). The third-order valence-corrected chi connectivity index (χ3v) is 5.09. The Bertz CT molecular complexity index is 703. The number of hydrogen-bond donors (Lipinski definition) is 2. The minimum atomic E-state index is -4.65. The Hall–Kier alpha value is -2.26. The van der Waals surface area contributed by atoms with Crippen molar-refractivity contribution in [1.82, 2.24) is 19.8 Å². The molecule has 0 bridgehead atoms. The summed E-state index contributed by atoms with van der Waals surface area (Å²) in [6, 6.07) is -0.664. The molecule has 0 radical (unpaired) electrons. The van der Waals surface area contributed by atoms with Gasteiger partial charge in [-0.3, -0.25) is 4.79 Å². The zero-order chi connectivity index (χ0) is 19.1. The van der Waals surface area contributed by atoms with Gasteiger partial charge >= 0.3 is 18.2 Å². The topological polar surface area (TPSA) is 87.5 Å². The molecule has 2 aliphatic heterocycles. The highest BCUT2D eigenvalue weighted by Crippen LogP contribution is 2.37. The molecule has 2 N–H and O–H groups in total. The summed E-state index contributed by atoms with van der Waals surface area (Å²) in [5.41, 5.74) is 0.884. The monoisotopic (exact) mass is 374 g/mol. The molecule has 144 valence electrons. The van der Waals surface area contributed by atoms with Gasteiger partial charge in [0.15, 0.2) is 0 Å². The van der Waals surface area contributed by atoms with Crippen LogP contribution in [0.3, 0.4) is 0 Å². The van der Waals surface area contributed by atoms with Gasteiger partial charge < -0.3 is 19.9 Å². The number of likely N-dealkylation sites (tertiary alicyclic amines) is 1. The van der Waals surface area contributed by atoms with Crippen molar-refractivity contribution in [3.63, 3.8) is 0 Å². The fraction of sp³-hybridized carbons (Fsp3) is 0.688. The number of aromatic nitrogens is 2. The van der Waals surface area contributed by atoms with Crippen LogP contribution >= 0.6 is 0 Å². The summed E-state index contributed by atoms with van der Waals surface area (Å²) in [6.07, 6.45) is -0.942. The van der Waals surface area contributed by atoms with E-state index >= 15 is 0 Å². The minimum Gasteiger partial charge on any atom is -0.481 e. The Morgan fingerprint density at radius 1 is 1.38 bits per heavy atom. The van der Waals surface area contributed by atoms with E-state index in [4.69, 9.17) is 5.11 Å². The predicted molar refractivity (Wildman–Crippen MR) is 84.6 cm³/mol. The molecule has 26 heavy (non-hydrogen) atoms. The number of rotatable bonds is 3. The van der Waals surface area contributed by atoms with E-state index in [1.54, 1.807) is 0 Å². The van der Waals surface area contributed by atoms with E-state index in [9.17, 15) is 22.8 Å². The maximum atomic E-state index is 13.0. The molecule has 3 heterocycles. The molecule has 2 aliphatic rings. The molecular weight excluding hydrogens is 353 g/mol. The lowest BCUT2D eigenvalue weighted by molar-refractivity contribution is -0.187. The van der Waals surface area contributed by atoms with E-state index in [-0.39, 0.29) is 12.5 Å². The summed E-state index contributed by atoms with van der Waals surface area (Å²) >= 11 is 0. The summed E-state index contributed by atoms with van der Waals surface area (Å²) in [4.78, 5) is 28.8. The zero-order valence-corrected chi connectivity index (χ0v) is 14.3. The number of carbonyl (C=O) groups excluding carboxylic acids is 1. The number of alkyl halides is 3. The Morgan fingerprint density at radius 2 is 2.12 bits per heavy atom. The average molecular weight is 374 g/mol. The zero-order valence-electron chi connectivity index (χ0n) is 14.3. The van der Waals surface area contributed by atoms with Crippen molar-refractivity contribution in [3.05, 3.63) is 17.7 Å². The molecule has 1 aromatic rings. The van der Waals surface area contributed by atoms with Crippen LogP contribution < -0.4 is 5.32 Å². The van der Waals surface area contributed by atoms with Gasteiger partial charge in [0.05, 0.1) is 17.5 Å². The van der Waals surface area contributed by atoms with Crippen LogP contribution in [0.2, 0.25) is 0 Å². The first-order valence-electron chi connectivity index (χ1n) is 8.52. The van der Waals surface area contributed by atoms with Gasteiger partial charge in [0.1, 0.15) is 5.82 Å². The summed E-state index contributed by atoms with van der Waals surface area (Å²) in [6.45, 7) is 1.93. The number of carboxylic acids is 1. The number of urea groups is 1. The summed E-state index contributed by atoms with van der Waals surface area (Å²) in [5.74, 6) is -4.34. The SMILES string of the molecule is Cc1cn2c(n1)C(CNC(=O)N1C[C@@H](C(F)(F)F)[C@H](C(=O)O)C1)CCC2. The highest BCUT2D eigenvalue weighted by Gasteiger charge is 2.53. The van der Waals surface area contributed by atoms with Crippen molar-refractivity contribution in [3.8, 4) is 0 Å². The molecule has 0 aromatic carbocycles. The maximum Gasteiger partial charge on any atom is 0.394 e. The summed E-state index contributed by atoms with van der Waals surface area (Å²) < 4.78 is 41.1. The lowest BCUT2D eigenvalue weighted by Crippen LogP contribution is -2.41. The fourth-order valence-corrected chi connectivity index (χ4v) is 3.77. The third-order valence-electron chi connectivity index (χ3n) is 5.09. The maximum absolute atomic E-state index is 13.0. The van der Waals surface area contributed by atoms with Crippen LogP contribution in [-0.2, 0) is 11.3 Å². The Balaban J connectivity index is 1.62. The van der Waals surface area contributed by atoms with Crippen molar-refractivity contribution in [2.75, 3.05) is 19.6 Å². The van der Waals surface area contributed by atoms with Crippen LogP contribution in [0.1, 0.15) is 30.3 Å². The van der Waals surface area contributed by atoms with Gasteiger partial charge in [0.2, 0.25) is 0 Å². The number of halogens is 3. The summed E-state index contributed by atoms with van der Waals surface area (Å²) in [5, 5.41) is 11.7. The van der Waals surface area contributed by atoms with Crippen molar-refractivity contribution >= 4 is 12.0 Å². The van der Waals surface area contributed by atoms with Gasteiger partial charge in [-0.1, -0.05) is 0 Å². The van der Waals surface area contributed by atoms with Crippen LogP contribution in [0, 0.1) is 18.8 Å². The standard InChI is InChI=1S/C16H21F3N4O3/c1-9-6-22-4-2-3-10(13(22)21-9)5-20-15(26)23-7-11(14(24)25)12(8-23)16(17,18)19/h6,10-12H,2-5,7-8H2,1H3,(H,20,26)(H,24,25)/t10?,11-,12-/m1/s1. The van der Waals surface area contributed by atoms with Crippen LogP contribution in [0.5, 0.6) is 0 Å². The highest BCUT2D eigenvalue weighted by atomic mass is 19.4.